The lowest BCUT2D eigenvalue weighted by Gasteiger charge is -1.99. The van der Waals surface area contributed by atoms with E-state index in [1.54, 1.807) is 12.2 Å². The highest BCUT2D eigenvalue weighted by atomic mass is 32.1. The Hall–Kier alpha value is -0.890. The second kappa shape index (κ2) is 4.85. The van der Waals surface area contributed by atoms with E-state index in [2.05, 4.69) is 6.58 Å². The van der Waals surface area contributed by atoms with E-state index in [9.17, 15) is 0 Å². The highest BCUT2D eigenvalue weighted by Gasteiger charge is 1.93. The zero-order chi connectivity index (χ0) is 8.85. The van der Waals surface area contributed by atoms with E-state index < -0.39 is 0 Å². The third-order valence-electron chi connectivity index (χ3n) is 1.22. The van der Waals surface area contributed by atoms with Crippen LogP contribution in [0.2, 0.25) is 0 Å². The number of nitrogens with two attached hydrogens (primary N) is 1. The fourth-order valence-electron chi connectivity index (χ4n) is 0.705. The molecular weight excluding hydrogens is 154 g/mol. The van der Waals surface area contributed by atoms with E-state index in [4.69, 9.17) is 18.0 Å². The SMILES string of the molecule is C=C/C(=C/C)C(N)=CC(C)=S. The van der Waals surface area contributed by atoms with Crippen molar-refractivity contribution in [1.82, 2.24) is 0 Å². The molecule has 0 unspecified atom stereocenters. The average Bonchev–Trinajstić information content (AvgIpc) is 1.88. The first-order valence-corrected chi connectivity index (χ1v) is 3.79. The lowest BCUT2D eigenvalue weighted by molar-refractivity contribution is 1.35. The summed E-state index contributed by atoms with van der Waals surface area (Å²) in [6.07, 6.45) is 5.37. The molecule has 0 saturated carbocycles. The summed E-state index contributed by atoms with van der Waals surface area (Å²) >= 11 is 4.87. The van der Waals surface area contributed by atoms with Crippen molar-refractivity contribution in [2.24, 2.45) is 5.73 Å². The summed E-state index contributed by atoms with van der Waals surface area (Å²) in [5.41, 5.74) is 7.28. The zero-order valence-electron chi connectivity index (χ0n) is 6.92. The van der Waals surface area contributed by atoms with Crippen molar-refractivity contribution in [3.63, 3.8) is 0 Å². The fraction of sp³-hybridized carbons (Fsp3) is 0.222. The van der Waals surface area contributed by atoms with Crippen molar-refractivity contribution >= 4 is 17.1 Å². The van der Waals surface area contributed by atoms with Crippen LogP contribution in [0.5, 0.6) is 0 Å². The van der Waals surface area contributed by atoms with Gasteiger partial charge in [-0.25, -0.2) is 0 Å². The average molecular weight is 167 g/mol. The highest BCUT2D eigenvalue weighted by Crippen LogP contribution is 2.04. The van der Waals surface area contributed by atoms with Crippen molar-refractivity contribution in [2.75, 3.05) is 0 Å². The van der Waals surface area contributed by atoms with Crippen LogP contribution >= 0.6 is 12.2 Å². The molecule has 0 saturated heterocycles. The largest absolute Gasteiger partial charge is 0.398 e. The van der Waals surface area contributed by atoms with Gasteiger partial charge < -0.3 is 5.73 Å². The van der Waals surface area contributed by atoms with E-state index in [-0.39, 0.29) is 0 Å². The van der Waals surface area contributed by atoms with E-state index in [0.717, 1.165) is 10.4 Å². The van der Waals surface area contributed by atoms with Gasteiger partial charge in [-0.1, -0.05) is 30.9 Å². The molecule has 0 rings (SSSR count). The molecule has 11 heavy (non-hydrogen) atoms. The van der Waals surface area contributed by atoms with Crippen LogP contribution in [0.15, 0.2) is 36.1 Å². The molecule has 60 valence electrons. The molecule has 0 radical (unpaired) electrons. The van der Waals surface area contributed by atoms with Gasteiger partial charge in [-0.3, -0.25) is 0 Å². The molecule has 0 atom stereocenters. The van der Waals surface area contributed by atoms with Gasteiger partial charge in [-0.05, 0) is 25.5 Å². The normalized spacial score (nSPS) is 12.9. The molecule has 0 aliphatic heterocycles. The van der Waals surface area contributed by atoms with Gasteiger partial charge in [0.1, 0.15) is 0 Å². The molecule has 0 aromatic heterocycles. The predicted octanol–water partition coefficient (Wildman–Crippen LogP) is 2.35. The molecule has 0 heterocycles. The molecule has 2 N–H and O–H groups in total. The Morgan fingerprint density at radius 3 is 2.36 bits per heavy atom. The van der Waals surface area contributed by atoms with Crippen LogP contribution in [0.1, 0.15) is 13.8 Å². The minimum Gasteiger partial charge on any atom is -0.398 e. The van der Waals surface area contributed by atoms with E-state index in [1.165, 1.54) is 0 Å². The molecule has 2 heteroatoms. The zero-order valence-corrected chi connectivity index (χ0v) is 7.74. The second-order valence-corrected chi connectivity index (χ2v) is 2.80. The van der Waals surface area contributed by atoms with Gasteiger partial charge in [0.15, 0.2) is 0 Å². The first-order valence-electron chi connectivity index (χ1n) is 3.38. The number of hydrogen-bond donors (Lipinski definition) is 1. The summed E-state index contributed by atoms with van der Waals surface area (Å²) in [6.45, 7) is 7.37. The minimum absolute atomic E-state index is 0.676. The van der Waals surface area contributed by atoms with Crippen LogP contribution in [0.4, 0.5) is 0 Å². The quantitative estimate of drug-likeness (QED) is 0.396. The van der Waals surface area contributed by atoms with E-state index in [1.807, 2.05) is 19.9 Å². The summed E-state index contributed by atoms with van der Waals surface area (Å²) in [5, 5.41) is 0. The van der Waals surface area contributed by atoms with E-state index >= 15 is 0 Å². The van der Waals surface area contributed by atoms with Crippen LogP contribution in [-0.4, -0.2) is 4.86 Å². The summed E-state index contributed by atoms with van der Waals surface area (Å²) in [5.74, 6) is 0. The molecule has 0 amide bonds. The Balaban J connectivity index is 4.58. The smallest absolute Gasteiger partial charge is 0.0395 e. The van der Waals surface area contributed by atoms with Crippen molar-refractivity contribution < 1.29 is 0 Å². The Kier molecular flexibility index (Phi) is 4.46. The summed E-state index contributed by atoms with van der Waals surface area (Å²) < 4.78 is 0. The predicted molar refractivity (Wildman–Crippen MR) is 54.5 cm³/mol. The van der Waals surface area contributed by atoms with Crippen molar-refractivity contribution in [1.29, 1.82) is 0 Å². The fourth-order valence-corrected chi connectivity index (χ4v) is 0.832. The van der Waals surface area contributed by atoms with Crippen molar-refractivity contribution in [3.05, 3.63) is 36.1 Å². The standard InChI is InChI=1S/C9H13NS/c1-4-8(5-2)9(10)6-7(3)11/h4-6H,1,10H2,2-3H3/b8-5-,9-6?. The highest BCUT2D eigenvalue weighted by molar-refractivity contribution is 7.80. The topological polar surface area (TPSA) is 26.0 Å². The molecule has 0 aromatic carbocycles. The first kappa shape index (κ1) is 10.1. The lowest BCUT2D eigenvalue weighted by atomic mass is 10.1. The summed E-state index contributed by atoms with van der Waals surface area (Å²) in [6, 6.07) is 0. The number of allylic oxidation sites excluding steroid dienone is 3. The summed E-state index contributed by atoms with van der Waals surface area (Å²) in [4.78, 5) is 0.781. The molecule has 0 aliphatic rings. The van der Waals surface area contributed by atoms with Crippen LogP contribution in [0.3, 0.4) is 0 Å². The Labute approximate surface area is 73.3 Å². The van der Waals surface area contributed by atoms with Gasteiger partial charge in [-0.2, -0.15) is 0 Å². The van der Waals surface area contributed by atoms with Crippen LogP contribution in [-0.2, 0) is 0 Å². The second-order valence-electron chi connectivity index (χ2n) is 2.16. The molecular formula is C9H13NS. The number of rotatable bonds is 3. The Morgan fingerprint density at radius 2 is 2.09 bits per heavy atom. The van der Waals surface area contributed by atoms with Crippen molar-refractivity contribution in [3.8, 4) is 0 Å². The number of thiocarbonyl (C=S) groups is 1. The first-order chi connectivity index (χ1) is 5.11. The van der Waals surface area contributed by atoms with Gasteiger partial charge in [0.05, 0.1) is 0 Å². The van der Waals surface area contributed by atoms with Crippen molar-refractivity contribution in [2.45, 2.75) is 13.8 Å². The molecule has 0 fully saturated rings. The van der Waals surface area contributed by atoms with Gasteiger partial charge >= 0.3 is 0 Å². The molecule has 0 aromatic rings. The molecule has 0 aliphatic carbocycles. The Morgan fingerprint density at radius 1 is 1.55 bits per heavy atom. The molecule has 0 spiro atoms. The third kappa shape index (κ3) is 3.73. The third-order valence-corrected chi connectivity index (χ3v) is 1.34. The van der Waals surface area contributed by atoms with Crippen LogP contribution < -0.4 is 5.73 Å². The van der Waals surface area contributed by atoms with Gasteiger partial charge in [-0.15, -0.1) is 0 Å². The maximum Gasteiger partial charge on any atom is 0.0395 e. The minimum atomic E-state index is 0.676. The maximum atomic E-state index is 5.67. The monoisotopic (exact) mass is 167 g/mol. The Bertz CT molecular complexity index is 224. The lowest BCUT2D eigenvalue weighted by Crippen LogP contribution is -2.00. The van der Waals surface area contributed by atoms with Crippen LogP contribution in [0.25, 0.3) is 0 Å². The molecule has 1 nitrogen and oxygen atoms in total. The maximum absolute atomic E-state index is 5.67. The molecule has 0 bridgehead atoms. The number of hydrogen-bond acceptors (Lipinski definition) is 2. The van der Waals surface area contributed by atoms with E-state index in [0.29, 0.717) is 5.70 Å². The summed E-state index contributed by atoms with van der Waals surface area (Å²) in [7, 11) is 0. The van der Waals surface area contributed by atoms with Crippen LogP contribution in [0, 0.1) is 0 Å². The van der Waals surface area contributed by atoms with Gasteiger partial charge in [0.25, 0.3) is 0 Å². The van der Waals surface area contributed by atoms with Gasteiger partial charge in [0.2, 0.25) is 0 Å². The van der Waals surface area contributed by atoms with Gasteiger partial charge in [0, 0.05) is 10.6 Å².